The predicted octanol–water partition coefficient (Wildman–Crippen LogP) is -1.40. The summed E-state index contributed by atoms with van der Waals surface area (Å²) in [5.74, 6) is -2.08. The van der Waals surface area contributed by atoms with E-state index in [0.717, 1.165) is 6.42 Å². The van der Waals surface area contributed by atoms with Crippen LogP contribution < -0.4 is 11.1 Å². The highest BCUT2D eigenvalue weighted by molar-refractivity contribution is 5.73. The Bertz CT molecular complexity index is 260. The van der Waals surface area contributed by atoms with E-state index in [1.807, 2.05) is 6.92 Å². The molecule has 19 heavy (non-hydrogen) atoms. The lowest BCUT2D eigenvalue weighted by atomic mass is 10.2. The number of carbonyl (C=O) groups is 2. The first-order valence-corrected chi connectivity index (χ1v) is 6.01. The van der Waals surface area contributed by atoms with Gasteiger partial charge in [0, 0.05) is 6.61 Å². The van der Waals surface area contributed by atoms with Crippen LogP contribution in [-0.4, -0.2) is 63.7 Å². The molecule has 0 aromatic heterocycles. The zero-order chi connectivity index (χ0) is 15.4. The second-order valence-corrected chi connectivity index (χ2v) is 3.96. The van der Waals surface area contributed by atoms with Crippen molar-refractivity contribution < 1.29 is 30.0 Å². The van der Waals surface area contributed by atoms with E-state index in [4.69, 9.17) is 26.2 Å². The van der Waals surface area contributed by atoms with Crippen molar-refractivity contribution in [3.05, 3.63) is 0 Å². The molecule has 0 aromatic rings. The number of hydrogen-bond acceptors (Lipinski definition) is 6. The van der Waals surface area contributed by atoms with Crippen LogP contribution in [0.3, 0.4) is 0 Å². The smallest absolute Gasteiger partial charge is 0.323 e. The number of nitrogens with one attached hydrogen (secondary N) is 1. The van der Waals surface area contributed by atoms with E-state index in [-0.39, 0.29) is 13.0 Å². The minimum absolute atomic E-state index is 0.0896. The fraction of sp³-hybridized carbons (Fsp3) is 0.818. The normalized spacial score (nSPS) is 14.8. The summed E-state index contributed by atoms with van der Waals surface area (Å²) in [5.41, 5.74) is 4.91. The number of nitrogens with two attached hydrogens (primary N) is 1. The van der Waals surface area contributed by atoms with Gasteiger partial charge in [-0.05, 0) is 26.3 Å². The summed E-state index contributed by atoms with van der Waals surface area (Å²) in [7, 11) is 0. The fourth-order valence-corrected chi connectivity index (χ4v) is 0.967. The summed E-state index contributed by atoms with van der Waals surface area (Å²) in [6.07, 6.45) is 0.192. The lowest BCUT2D eigenvalue weighted by Crippen LogP contribution is -2.39. The quantitative estimate of drug-likeness (QED) is 0.317. The van der Waals surface area contributed by atoms with Gasteiger partial charge in [-0.25, -0.2) is 0 Å². The third kappa shape index (κ3) is 11.6. The number of aliphatic hydroxyl groups is 2. The maximum Gasteiger partial charge on any atom is 0.323 e. The maximum absolute atomic E-state index is 10.4. The molecule has 0 heterocycles. The van der Waals surface area contributed by atoms with Crippen LogP contribution in [0, 0.1) is 0 Å². The van der Waals surface area contributed by atoms with Gasteiger partial charge in [0.1, 0.15) is 12.1 Å². The zero-order valence-electron chi connectivity index (χ0n) is 11.2. The average molecular weight is 280 g/mol. The molecule has 0 saturated heterocycles. The molecule has 0 saturated carbocycles. The first-order valence-electron chi connectivity index (χ1n) is 6.01. The molecule has 7 N–H and O–H groups in total. The van der Waals surface area contributed by atoms with Crippen LogP contribution in [0.4, 0.5) is 0 Å². The molecular weight excluding hydrogens is 256 g/mol. The van der Waals surface area contributed by atoms with Crippen molar-refractivity contribution in [3.63, 3.8) is 0 Å². The number of aliphatic carboxylic acids is 2. The number of carboxylic acid groups (broad SMARTS) is 2. The number of carboxylic acids is 2. The van der Waals surface area contributed by atoms with Gasteiger partial charge in [0.15, 0.2) is 0 Å². The van der Waals surface area contributed by atoms with Crippen LogP contribution in [0.1, 0.15) is 26.7 Å². The second-order valence-electron chi connectivity index (χ2n) is 3.96. The van der Waals surface area contributed by atoms with Crippen LogP contribution >= 0.6 is 0 Å². The third-order valence-electron chi connectivity index (χ3n) is 2.16. The van der Waals surface area contributed by atoms with Gasteiger partial charge >= 0.3 is 11.9 Å². The average Bonchev–Trinajstić information content (AvgIpc) is 2.33. The molecule has 0 bridgehead atoms. The number of aliphatic hydroxyl groups excluding tert-OH is 2. The monoisotopic (exact) mass is 280 g/mol. The van der Waals surface area contributed by atoms with Gasteiger partial charge in [0.05, 0.1) is 6.10 Å². The Labute approximate surface area is 112 Å². The zero-order valence-corrected chi connectivity index (χ0v) is 11.2. The Hall–Kier alpha value is -1.22. The molecule has 0 amide bonds. The van der Waals surface area contributed by atoms with Gasteiger partial charge in [-0.1, -0.05) is 6.92 Å². The van der Waals surface area contributed by atoms with E-state index >= 15 is 0 Å². The number of rotatable bonds is 8. The summed E-state index contributed by atoms with van der Waals surface area (Å²) in [6.45, 7) is 3.88. The van der Waals surface area contributed by atoms with Crippen LogP contribution in [0.2, 0.25) is 0 Å². The van der Waals surface area contributed by atoms with E-state index in [2.05, 4.69) is 5.32 Å². The third-order valence-corrected chi connectivity index (χ3v) is 2.16. The second kappa shape index (κ2) is 11.8. The summed E-state index contributed by atoms with van der Waals surface area (Å²) in [5, 5.41) is 36.4. The standard InChI is InChI=1S/C7H15NO3.C4H9NO3/c1-2-4-8-6(3-5-9)7(10)11;1-2(6)3(5)4(7)8/h6,8-9H,2-5H2,1H3,(H,10,11);2-3,6H,5H2,1H3,(H,7,8). The molecule has 0 aliphatic carbocycles. The molecule has 0 spiro atoms. The highest BCUT2D eigenvalue weighted by Crippen LogP contribution is 1.90. The van der Waals surface area contributed by atoms with Gasteiger partial charge in [-0.2, -0.15) is 0 Å². The van der Waals surface area contributed by atoms with Gasteiger partial charge in [-0.3, -0.25) is 9.59 Å². The van der Waals surface area contributed by atoms with Crippen LogP contribution in [0.25, 0.3) is 0 Å². The van der Waals surface area contributed by atoms with Crippen molar-refractivity contribution in [3.8, 4) is 0 Å². The molecule has 114 valence electrons. The molecule has 8 nitrogen and oxygen atoms in total. The van der Waals surface area contributed by atoms with Crippen LogP contribution in [0.5, 0.6) is 0 Å². The van der Waals surface area contributed by atoms with Crippen molar-refractivity contribution >= 4 is 11.9 Å². The highest BCUT2D eigenvalue weighted by Gasteiger charge is 2.16. The molecule has 3 unspecified atom stereocenters. The Morgan fingerprint density at radius 1 is 1.26 bits per heavy atom. The Morgan fingerprint density at radius 3 is 2.00 bits per heavy atom. The van der Waals surface area contributed by atoms with E-state index in [1.54, 1.807) is 0 Å². The fourth-order valence-electron chi connectivity index (χ4n) is 0.967. The minimum Gasteiger partial charge on any atom is -0.480 e. The van der Waals surface area contributed by atoms with Crippen molar-refractivity contribution in [2.75, 3.05) is 13.2 Å². The minimum atomic E-state index is -1.18. The Kier molecular flexibility index (Phi) is 12.5. The van der Waals surface area contributed by atoms with Gasteiger partial charge < -0.3 is 31.5 Å². The first kappa shape index (κ1) is 20.1. The van der Waals surface area contributed by atoms with Gasteiger partial charge in [-0.15, -0.1) is 0 Å². The summed E-state index contributed by atoms with van der Waals surface area (Å²) < 4.78 is 0. The summed E-state index contributed by atoms with van der Waals surface area (Å²) >= 11 is 0. The van der Waals surface area contributed by atoms with E-state index in [9.17, 15) is 9.59 Å². The lowest BCUT2D eigenvalue weighted by molar-refractivity contribution is -0.141. The molecular formula is C11H24N2O6. The Morgan fingerprint density at radius 2 is 1.79 bits per heavy atom. The molecule has 0 radical (unpaired) electrons. The molecule has 0 rings (SSSR count). The summed E-state index contributed by atoms with van der Waals surface area (Å²) in [6, 6.07) is -1.75. The lowest BCUT2D eigenvalue weighted by Gasteiger charge is -2.11. The SMILES string of the molecule is CC(O)C(N)C(=O)O.CCCNC(CCO)C(=O)O. The molecule has 0 aliphatic rings. The van der Waals surface area contributed by atoms with Crippen LogP contribution in [-0.2, 0) is 9.59 Å². The molecule has 3 atom stereocenters. The van der Waals surface area contributed by atoms with Crippen molar-refractivity contribution in [1.82, 2.24) is 5.32 Å². The number of hydrogen-bond donors (Lipinski definition) is 6. The van der Waals surface area contributed by atoms with Gasteiger partial charge in [0.2, 0.25) is 0 Å². The van der Waals surface area contributed by atoms with Crippen molar-refractivity contribution in [1.29, 1.82) is 0 Å². The van der Waals surface area contributed by atoms with E-state index in [0.29, 0.717) is 6.54 Å². The molecule has 0 aliphatic heterocycles. The molecule has 8 heteroatoms. The largest absolute Gasteiger partial charge is 0.480 e. The van der Waals surface area contributed by atoms with Gasteiger partial charge in [0.25, 0.3) is 0 Å². The molecule has 0 aromatic carbocycles. The van der Waals surface area contributed by atoms with E-state index in [1.165, 1.54) is 6.92 Å². The first-order chi connectivity index (χ1) is 8.77. The summed E-state index contributed by atoms with van der Waals surface area (Å²) in [4.78, 5) is 20.3. The Balaban J connectivity index is 0. The van der Waals surface area contributed by atoms with Crippen LogP contribution in [0.15, 0.2) is 0 Å². The van der Waals surface area contributed by atoms with E-state index < -0.39 is 30.1 Å². The topological polar surface area (TPSA) is 153 Å². The van der Waals surface area contributed by atoms with Crippen molar-refractivity contribution in [2.24, 2.45) is 5.73 Å². The highest BCUT2D eigenvalue weighted by atomic mass is 16.4. The van der Waals surface area contributed by atoms with Crippen molar-refractivity contribution in [2.45, 2.75) is 44.9 Å². The molecule has 0 fully saturated rings. The predicted molar refractivity (Wildman–Crippen MR) is 68.7 cm³/mol. The maximum atomic E-state index is 10.4.